The van der Waals surface area contributed by atoms with Crippen molar-refractivity contribution >= 4 is 6.09 Å². The van der Waals surface area contributed by atoms with E-state index in [0.717, 1.165) is 45.2 Å². The Morgan fingerprint density at radius 2 is 1.76 bits per heavy atom. The minimum absolute atomic E-state index is 0.277. The Kier molecular flexibility index (Phi) is 12.7. The van der Waals surface area contributed by atoms with Gasteiger partial charge in [-0.25, -0.2) is 4.79 Å². The molecule has 4 nitrogen and oxygen atoms in total. The molecule has 17 heavy (non-hydrogen) atoms. The smallest absolute Gasteiger partial charge is 0.407 e. The number of nitrogens with one attached hydrogen (secondary N) is 1. The van der Waals surface area contributed by atoms with Crippen LogP contribution in [0.2, 0.25) is 0 Å². The van der Waals surface area contributed by atoms with Crippen LogP contribution in [0.4, 0.5) is 4.79 Å². The number of nitrogens with two attached hydrogens (primary N) is 1. The van der Waals surface area contributed by atoms with E-state index in [1.807, 2.05) is 0 Å². The van der Waals surface area contributed by atoms with Crippen LogP contribution in [0.3, 0.4) is 0 Å². The summed E-state index contributed by atoms with van der Waals surface area (Å²) >= 11 is 0. The number of rotatable bonds is 11. The molecule has 0 aliphatic carbocycles. The van der Waals surface area contributed by atoms with Crippen molar-refractivity contribution in [3.05, 3.63) is 0 Å². The summed E-state index contributed by atoms with van der Waals surface area (Å²) in [6, 6.07) is 0. The first-order valence-corrected chi connectivity index (χ1v) is 6.92. The molecule has 0 rings (SSSR count). The van der Waals surface area contributed by atoms with Crippen molar-refractivity contribution in [3.8, 4) is 0 Å². The lowest BCUT2D eigenvalue weighted by atomic mass is 10.2. The first-order chi connectivity index (χ1) is 8.31. The van der Waals surface area contributed by atoms with E-state index >= 15 is 0 Å². The van der Waals surface area contributed by atoms with Gasteiger partial charge in [-0.1, -0.05) is 39.0 Å². The molecule has 102 valence electrons. The summed E-state index contributed by atoms with van der Waals surface area (Å²) in [7, 11) is 0. The second kappa shape index (κ2) is 13.3. The van der Waals surface area contributed by atoms with Crippen LogP contribution in [0, 0.1) is 0 Å². The van der Waals surface area contributed by atoms with E-state index in [9.17, 15) is 4.79 Å². The molecule has 0 radical (unpaired) electrons. The van der Waals surface area contributed by atoms with E-state index in [4.69, 9.17) is 10.5 Å². The molecule has 0 saturated carbocycles. The molecule has 4 heteroatoms. The molecular formula is C13H28N2O2. The Bertz CT molecular complexity index is 175. The molecule has 0 aromatic rings. The molecular weight excluding hydrogens is 216 g/mol. The fourth-order valence-corrected chi connectivity index (χ4v) is 1.56. The minimum Gasteiger partial charge on any atom is -0.450 e. The summed E-state index contributed by atoms with van der Waals surface area (Å²) in [5.41, 5.74) is 5.39. The number of carbonyl (C=O) groups is 1. The normalized spacial score (nSPS) is 10.2. The lowest BCUT2D eigenvalue weighted by Gasteiger charge is -2.06. The van der Waals surface area contributed by atoms with E-state index < -0.39 is 0 Å². The zero-order valence-electron chi connectivity index (χ0n) is 11.2. The largest absolute Gasteiger partial charge is 0.450 e. The Morgan fingerprint density at radius 3 is 2.47 bits per heavy atom. The molecule has 0 fully saturated rings. The highest BCUT2D eigenvalue weighted by Gasteiger charge is 2.00. The van der Waals surface area contributed by atoms with Crippen molar-refractivity contribution in [2.45, 2.75) is 58.3 Å². The fraction of sp³-hybridized carbons (Fsp3) is 0.923. The van der Waals surface area contributed by atoms with Gasteiger partial charge >= 0.3 is 6.09 Å². The highest BCUT2D eigenvalue weighted by atomic mass is 16.5. The third-order valence-corrected chi connectivity index (χ3v) is 2.63. The van der Waals surface area contributed by atoms with E-state index in [1.165, 1.54) is 19.3 Å². The Hall–Kier alpha value is -0.770. The van der Waals surface area contributed by atoms with E-state index in [0.29, 0.717) is 6.61 Å². The summed E-state index contributed by atoms with van der Waals surface area (Å²) in [5, 5.41) is 2.76. The number of hydrogen-bond acceptors (Lipinski definition) is 3. The second-order valence-electron chi connectivity index (χ2n) is 4.33. The Balaban J connectivity index is 3.12. The van der Waals surface area contributed by atoms with Gasteiger partial charge in [-0.15, -0.1) is 0 Å². The predicted octanol–water partition coefficient (Wildman–Crippen LogP) is 2.81. The number of amides is 1. The van der Waals surface area contributed by atoms with E-state index in [-0.39, 0.29) is 6.09 Å². The molecule has 0 saturated heterocycles. The lowest BCUT2D eigenvalue weighted by Crippen LogP contribution is -2.25. The van der Waals surface area contributed by atoms with Crippen molar-refractivity contribution in [3.63, 3.8) is 0 Å². The van der Waals surface area contributed by atoms with Crippen LogP contribution in [0.5, 0.6) is 0 Å². The molecule has 0 aromatic carbocycles. The van der Waals surface area contributed by atoms with Crippen LogP contribution < -0.4 is 11.1 Å². The van der Waals surface area contributed by atoms with Gasteiger partial charge in [0.1, 0.15) is 0 Å². The van der Waals surface area contributed by atoms with Gasteiger partial charge in [-0.2, -0.15) is 0 Å². The van der Waals surface area contributed by atoms with Gasteiger partial charge in [-0.3, -0.25) is 0 Å². The topological polar surface area (TPSA) is 64.3 Å². The summed E-state index contributed by atoms with van der Waals surface area (Å²) < 4.78 is 5.05. The van der Waals surface area contributed by atoms with E-state index in [1.54, 1.807) is 0 Å². The van der Waals surface area contributed by atoms with Crippen molar-refractivity contribution in [2.24, 2.45) is 5.73 Å². The van der Waals surface area contributed by atoms with Gasteiger partial charge in [0, 0.05) is 6.54 Å². The standard InChI is InChI=1S/C13H28N2O2/c1-2-3-4-8-11-15-13(16)17-12-9-6-5-7-10-14/h2-12,14H2,1H3,(H,15,16). The predicted molar refractivity (Wildman–Crippen MR) is 71.0 cm³/mol. The van der Waals surface area contributed by atoms with Crippen LogP contribution in [0.25, 0.3) is 0 Å². The second-order valence-corrected chi connectivity index (χ2v) is 4.33. The average molecular weight is 244 g/mol. The summed E-state index contributed by atoms with van der Waals surface area (Å²) in [6.45, 7) is 4.17. The summed E-state index contributed by atoms with van der Waals surface area (Å²) in [5.74, 6) is 0. The third-order valence-electron chi connectivity index (χ3n) is 2.63. The molecule has 3 N–H and O–H groups in total. The molecule has 0 aliphatic rings. The van der Waals surface area contributed by atoms with Gasteiger partial charge in [0.05, 0.1) is 6.61 Å². The quantitative estimate of drug-likeness (QED) is 0.549. The Morgan fingerprint density at radius 1 is 1.06 bits per heavy atom. The van der Waals surface area contributed by atoms with Crippen molar-refractivity contribution in [1.82, 2.24) is 5.32 Å². The number of ether oxygens (including phenoxy) is 1. The molecule has 0 atom stereocenters. The summed E-state index contributed by atoms with van der Waals surface area (Å²) in [4.78, 5) is 11.2. The first kappa shape index (κ1) is 16.2. The summed E-state index contributed by atoms with van der Waals surface area (Å²) in [6.07, 6.45) is 8.59. The Labute approximate surface area is 105 Å². The van der Waals surface area contributed by atoms with Gasteiger partial charge in [-0.05, 0) is 25.8 Å². The number of alkyl carbamates (subject to hydrolysis) is 1. The first-order valence-electron chi connectivity index (χ1n) is 6.92. The number of carbonyl (C=O) groups excluding carboxylic acids is 1. The van der Waals surface area contributed by atoms with Gasteiger partial charge in [0.15, 0.2) is 0 Å². The van der Waals surface area contributed by atoms with Crippen molar-refractivity contribution in [2.75, 3.05) is 19.7 Å². The van der Waals surface area contributed by atoms with Crippen LogP contribution in [-0.4, -0.2) is 25.8 Å². The van der Waals surface area contributed by atoms with Gasteiger partial charge in [0.2, 0.25) is 0 Å². The van der Waals surface area contributed by atoms with Crippen LogP contribution in [0.1, 0.15) is 58.3 Å². The van der Waals surface area contributed by atoms with Gasteiger partial charge < -0.3 is 15.8 Å². The van der Waals surface area contributed by atoms with Crippen molar-refractivity contribution in [1.29, 1.82) is 0 Å². The number of hydrogen-bond donors (Lipinski definition) is 2. The van der Waals surface area contributed by atoms with Crippen molar-refractivity contribution < 1.29 is 9.53 Å². The molecule has 0 spiro atoms. The maximum Gasteiger partial charge on any atom is 0.407 e. The maximum absolute atomic E-state index is 11.2. The average Bonchev–Trinajstić information content (AvgIpc) is 2.33. The minimum atomic E-state index is -0.277. The van der Waals surface area contributed by atoms with E-state index in [2.05, 4.69) is 12.2 Å². The highest BCUT2D eigenvalue weighted by molar-refractivity contribution is 5.66. The molecule has 0 aliphatic heterocycles. The SMILES string of the molecule is CCCCCCNC(=O)OCCCCCCN. The molecule has 0 heterocycles. The maximum atomic E-state index is 11.2. The number of unbranched alkanes of at least 4 members (excludes halogenated alkanes) is 6. The third kappa shape index (κ3) is 13.2. The monoisotopic (exact) mass is 244 g/mol. The molecule has 0 aromatic heterocycles. The van der Waals surface area contributed by atoms with Crippen LogP contribution in [-0.2, 0) is 4.74 Å². The lowest BCUT2D eigenvalue weighted by molar-refractivity contribution is 0.143. The zero-order chi connectivity index (χ0) is 12.8. The fourth-order valence-electron chi connectivity index (χ4n) is 1.56. The highest BCUT2D eigenvalue weighted by Crippen LogP contribution is 1.99. The molecule has 0 unspecified atom stereocenters. The molecule has 1 amide bonds. The molecule has 0 bridgehead atoms. The van der Waals surface area contributed by atoms with Crippen LogP contribution in [0.15, 0.2) is 0 Å². The van der Waals surface area contributed by atoms with Crippen LogP contribution >= 0.6 is 0 Å². The zero-order valence-corrected chi connectivity index (χ0v) is 11.2. The van der Waals surface area contributed by atoms with Gasteiger partial charge in [0.25, 0.3) is 0 Å².